The lowest BCUT2D eigenvalue weighted by Gasteiger charge is -2.01. The summed E-state index contributed by atoms with van der Waals surface area (Å²) in [6.45, 7) is 6.71. The maximum Gasteiger partial charge on any atom is 0.225 e. The largest absolute Gasteiger partial charge is 0.396 e. The first-order valence-corrected chi connectivity index (χ1v) is 7.72. The SMILES string of the molecule is C1CO1.Cc1ncc(C[n+]2csc(CCO)c2C)c(N)n1. The summed E-state index contributed by atoms with van der Waals surface area (Å²) >= 11 is 1.65. The van der Waals surface area contributed by atoms with Crippen LogP contribution in [-0.4, -0.2) is 34.9 Å². The Labute approximate surface area is 128 Å². The number of rotatable bonds is 4. The molecule has 2 aromatic heterocycles. The molecule has 1 saturated heterocycles. The van der Waals surface area contributed by atoms with Gasteiger partial charge in [0.25, 0.3) is 0 Å². The molecule has 0 aromatic carbocycles. The fourth-order valence-corrected chi connectivity index (χ4v) is 2.75. The van der Waals surface area contributed by atoms with E-state index >= 15 is 0 Å². The molecule has 1 fully saturated rings. The zero-order valence-corrected chi connectivity index (χ0v) is 13.2. The average molecular weight is 309 g/mol. The van der Waals surface area contributed by atoms with Gasteiger partial charge in [-0.25, -0.2) is 9.97 Å². The highest BCUT2D eigenvalue weighted by Crippen LogP contribution is 2.13. The lowest BCUT2D eigenvalue weighted by Crippen LogP contribution is -2.35. The third-order valence-electron chi connectivity index (χ3n) is 3.06. The number of nitrogen functional groups attached to an aromatic ring is 1. The fraction of sp³-hybridized carbons (Fsp3) is 0.500. The highest BCUT2D eigenvalue weighted by molar-refractivity contribution is 7.09. The summed E-state index contributed by atoms with van der Waals surface area (Å²) < 4.78 is 6.61. The number of aliphatic hydroxyl groups excluding tert-OH is 1. The van der Waals surface area contributed by atoms with E-state index in [4.69, 9.17) is 10.8 Å². The maximum absolute atomic E-state index is 8.98. The van der Waals surface area contributed by atoms with Crippen LogP contribution in [0.5, 0.6) is 0 Å². The Balaban J connectivity index is 0.000000477. The van der Waals surface area contributed by atoms with Crippen molar-refractivity contribution in [1.29, 1.82) is 0 Å². The van der Waals surface area contributed by atoms with E-state index in [0.717, 1.165) is 24.5 Å². The van der Waals surface area contributed by atoms with E-state index in [1.165, 1.54) is 4.88 Å². The zero-order valence-electron chi connectivity index (χ0n) is 12.4. The van der Waals surface area contributed by atoms with Crippen LogP contribution in [0.2, 0.25) is 0 Å². The Morgan fingerprint density at radius 2 is 2.14 bits per heavy atom. The first-order chi connectivity index (χ1) is 10.1. The highest BCUT2D eigenvalue weighted by atomic mass is 32.1. The van der Waals surface area contributed by atoms with Crippen LogP contribution >= 0.6 is 11.3 Å². The molecule has 0 aliphatic carbocycles. The molecule has 0 spiro atoms. The van der Waals surface area contributed by atoms with Crippen molar-refractivity contribution in [3.05, 3.63) is 33.7 Å². The molecular formula is C14H21N4O2S+. The number of nitrogens with zero attached hydrogens (tertiary/aromatic N) is 3. The van der Waals surface area contributed by atoms with E-state index in [9.17, 15) is 0 Å². The number of ether oxygens (including phenoxy) is 1. The van der Waals surface area contributed by atoms with E-state index in [-0.39, 0.29) is 6.61 Å². The molecule has 3 rings (SSSR count). The molecule has 7 heteroatoms. The minimum absolute atomic E-state index is 0.178. The lowest BCUT2D eigenvalue weighted by molar-refractivity contribution is -0.689. The highest BCUT2D eigenvalue weighted by Gasteiger charge is 2.16. The van der Waals surface area contributed by atoms with Gasteiger partial charge in [-0.3, -0.25) is 0 Å². The van der Waals surface area contributed by atoms with E-state index in [2.05, 4.69) is 19.3 Å². The van der Waals surface area contributed by atoms with Crippen LogP contribution in [0, 0.1) is 13.8 Å². The molecular weight excluding hydrogens is 288 g/mol. The van der Waals surface area contributed by atoms with Gasteiger partial charge in [0.2, 0.25) is 5.51 Å². The van der Waals surface area contributed by atoms with Gasteiger partial charge in [0.1, 0.15) is 11.6 Å². The molecule has 3 N–H and O–H groups in total. The van der Waals surface area contributed by atoms with Crippen molar-refractivity contribution in [2.75, 3.05) is 25.6 Å². The van der Waals surface area contributed by atoms with E-state index in [0.29, 0.717) is 24.6 Å². The van der Waals surface area contributed by atoms with Crippen molar-refractivity contribution in [2.45, 2.75) is 26.8 Å². The van der Waals surface area contributed by atoms with Crippen LogP contribution < -0.4 is 10.3 Å². The number of epoxide rings is 1. The first-order valence-electron chi connectivity index (χ1n) is 6.84. The van der Waals surface area contributed by atoms with Gasteiger partial charge in [-0.1, -0.05) is 11.3 Å². The standard InChI is InChI=1S/C12H17N4OS.C2H4O/c1-8-11(3-4-17)18-7-16(8)6-10-5-14-9(2)15-12(10)13;1-2-3-1/h5,7,17H,3-4,6H2,1-2H3,(H2,13,14,15);1-2H2/q+1;. The number of nitrogens with two attached hydrogens (primary N) is 1. The summed E-state index contributed by atoms with van der Waals surface area (Å²) in [5.74, 6) is 1.22. The second-order valence-corrected chi connectivity index (χ2v) is 5.71. The summed E-state index contributed by atoms with van der Waals surface area (Å²) in [6, 6.07) is 0. The topological polar surface area (TPSA) is 88.4 Å². The third-order valence-corrected chi connectivity index (χ3v) is 4.20. The number of thiazole rings is 1. The summed E-state index contributed by atoms with van der Waals surface area (Å²) in [5, 5.41) is 8.98. The minimum atomic E-state index is 0.178. The molecule has 6 nitrogen and oxygen atoms in total. The first kappa shape index (κ1) is 15.8. The predicted molar refractivity (Wildman–Crippen MR) is 81.1 cm³/mol. The Morgan fingerprint density at radius 1 is 1.43 bits per heavy atom. The van der Waals surface area contributed by atoms with Crippen LogP contribution in [0.25, 0.3) is 0 Å². The van der Waals surface area contributed by atoms with E-state index in [1.54, 1.807) is 17.5 Å². The van der Waals surface area contributed by atoms with Crippen molar-refractivity contribution in [1.82, 2.24) is 9.97 Å². The Hall–Kier alpha value is -1.57. The van der Waals surface area contributed by atoms with Gasteiger partial charge >= 0.3 is 0 Å². The average Bonchev–Trinajstić information content (AvgIpc) is 3.28. The Bertz CT molecular complexity index is 596. The lowest BCUT2D eigenvalue weighted by atomic mass is 10.2. The maximum atomic E-state index is 8.98. The quantitative estimate of drug-likeness (QED) is 0.638. The summed E-state index contributed by atoms with van der Waals surface area (Å²) in [6.07, 6.45) is 2.47. The molecule has 1 aliphatic heterocycles. The molecule has 0 saturated carbocycles. The molecule has 2 aromatic rings. The van der Waals surface area contributed by atoms with Gasteiger partial charge in [-0.05, 0) is 6.92 Å². The molecule has 0 radical (unpaired) electrons. The number of aliphatic hydroxyl groups is 1. The molecule has 0 unspecified atom stereocenters. The van der Waals surface area contributed by atoms with Crippen molar-refractivity contribution in [2.24, 2.45) is 0 Å². The van der Waals surface area contributed by atoms with Gasteiger partial charge in [-0.15, -0.1) is 0 Å². The van der Waals surface area contributed by atoms with E-state index < -0.39 is 0 Å². The Kier molecular flexibility index (Phi) is 5.60. The van der Waals surface area contributed by atoms with Crippen LogP contribution in [-0.2, 0) is 17.7 Å². The molecule has 3 heterocycles. The number of hydrogen-bond donors (Lipinski definition) is 2. The van der Waals surface area contributed by atoms with Gasteiger partial charge in [0.05, 0.1) is 23.7 Å². The summed E-state index contributed by atoms with van der Waals surface area (Å²) in [5.41, 5.74) is 10.0. The number of hydrogen-bond acceptors (Lipinski definition) is 6. The van der Waals surface area contributed by atoms with Crippen LogP contribution in [0.4, 0.5) is 5.82 Å². The van der Waals surface area contributed by atoms with Gasteiger partial charge in [0.15, 0.2) is 12.2 Å². The van der Waals surface area contributed by atoms with Crippen LogP contribution in [0.1, 0.15) is 22.0 Å². The Morgan fingerprint density at radius 3 is 2.71 bits per heavy atom. The summed E-state index contributed by atoms with van der Waals surface area (Å²) in [7, 11) is 0. The smallest absolute Gasteiger partial charge is 0.225 e. The van der Waals surface area contributed by atoms with Gasteiger partial charge < -0.3 is 15.6 Å². The molecule has 114 valence electrons. The molecule has 0 bridgehead atoms. The number of aromatic nitrogens is 3. The zero-order chi connectivity index (χ0) is 15.2. The van der Waals surface area contributed by atoms with Gasteiger partial charge in [-0.2, -0.15) is 4.57 Å². The predicted octanol–water partition coefficient (Wildman–Crippen LogP) is 0.624. The minimum Gasteiger partial charge on any atom is -0.396 e. The van der Waals surface area contributed by atoms with Crippen LogP contribution in [0.3, 0.4) is 0 Å². The van der Waals surface area contributed by atoms with E-state index in [1.807, 2.05) is 19.4 Å². The molecule has 21 heavy (non-hydrogen) atoms. The molecule has 1 aliphatic rings. The summed E-state index contributed by atoms with van der Waals surface area (Å²) in [4.78, 5) is 9.53. The van der Waals surface area contributed by atoms with Crippen molar-refractivity contribution >= 4 is 17.2 Å². The molecule has 0 amide bonds. The number of aryl methyl sites for hydroxylation is 1. The molecule has 0 atom stereocenters. The van der Waals surface area contributed by atoms with Crippen molar-refractivity contribution in [3.63, 3.8) is 0 Å². The third kappa shape index (κ3) is 4.73. The van der Waals surface area contributed by atoms with Crippen molar-refractivity contribution in [3.8, 4) is 0 Å². The van der Waals surface area contributed by atoms with Gasteiger partial charge in [0, 0.05) is 26.1 Å². The van der Waals surface area contributed by atoms with Crippen molar-refractivity contribution < 1.29 is 14.4 Å². The van der Waals surface area contributed by atoms with Crippen LogP contribution in [0.15, 0.2) is 11.7 Å². The second kappa shape index (κ2) is 7.44. The normalized spacial score (nSPS) is 12.7. The number of anilines is 1. The monoisotopic (exact) mass is 309 g/mol. The fourth-order valence-electron chi connectivity index (χ4n) is 1.77. The second-order valence-electron chi connectivity index (χ2n) is 4.77.